The van der Waals surface area contributed by atoms with Crippen molar-refractivity contribution in [1.29, 1.82) is 0 Å². The predicted molar refractivity (Wildman–Crippen MR) is 82.0 cm³/mol. The van der Waals surface area contributed by atoms with Gasteiger partial charge in [-0.1, -0.05) is 26.7 Å². The molecular formula is C16H28ClNO2. The third-order valence-corrected chi connectivity index (χ3v) is 5.11. The number of hydrogen-bond acceptors (Lipinski definition) is 2. The van der Waals surface area contributed by atoms with Gasteiger partial charge in [-0.2, -0.15) is 0 Å². The lowest BCUT2D eigenvalue weighted by atomic mass is 9.68. The van der Waals surface area contributed by atoms with Gasteiger partial charge in [-0.25, -0.2) is 0 Å². The van der Waals surface area contributed by atoms with E-state index in [-0.39, 0.29) is 23.0 Å². The highest BCUT2D eigenvalue weighted by Crippen LogP contribution is 2.42. The molecule has 1 heterocycles. The Bertz CT molecular complexity index is 367. The van der Waals surface area contributed by atoms with Gasteiger partial charge in [0.2, 0.25) is 5.91 Å². The van der Waals surface area contributed by atoms with Crippen LogP contribution in [0, 0.1) is 11.3 Å². The standard InChI is InChI=1S/C16H28ClNO2/c1-15(2)8-6-5-7-13(15)14(19)18-10-12(9-17)20-16(3,4)11-18/h12-13H,5-11H2,1-4H3. The maximum absolute atomic E-state index is 12.9. The molecule has 1 saturated carbocycles. The smallest absolute Gasteiger partial charge is 0.226 e. The van der Waals surface area contributed by atoms with E-state index in [1.807, 2.05) is 18.7 Å². The first kappa shape index (κ1) is 16.1. The highest BCUT2D eigenvalue weighted by molar-refractivity contribution is 6.18. The van der Waals surface area contributed by atoms with Gasteiger partial charge in [0.25, 0.3) is 0 Å². The molecule has 1 aliphatic carbocycles. The van der Waals surface area contributed by atoms with Crippen molar-refractivity contribution in [3.05, 3.63) is 0 Å². The van der Waals surface area contributed by atoms with E-state index in [1.54, 1.807) is 0 Å². The molecule has 3 nitrogen and oxygen atoms in total. The van der Waals surface area contributed by atoms with Gasteiger partial charge in [0.15, 0.2) is 0 Å². The summed E-state index contributed by atoms with van der Waals surface area (Å²) in [6.07, 6.45) is 4.55. The molecule has 0 radical (unpaired) electrons. The number of ether oxygens (including phenoxy) is 1. The summed E-state index contributed by atoms with van der Waals surface area (Å²) < 4.78 is 5.92. The van der Waals surface area contributed by atoms with Gasteiger partial charge in [-0.15, -0.1) is 11.6 Å². The number of alkyl halides is 1. The second kappa shape index (κ2) is 5.84. The molecule has 0 aromatic carbocycles. The van der Waals surface area contributed by atoms with Crippen molar-refractivity contribution in [1.82, 2.24) is 4.90 Å². The number of morpholine rings is 1. The summed E-state index contributed by atoms with van der Waals surface area (Å²) in [5.41, 5.74) is -0.180. The second-order valence-electron chi connectivity index (χ2n) is 7.66. The number of halogens is 1. The van der Waals surface area contributed by atoms with Crippen LogP contribution in [-0.2, 0) is 9.53 Å². The van der Waals surface area contributed by atoms with Gasteiger partial charge in [0, 0.05) is 19.0 Å². The van der Waals surface area contributed by atoms with Crippen LogP contribution in [-0.4, -0.2) is 41.5 Å². The van der Waals surface area contributed by atoms with Crippen molar-refractivity contribution in [3.8, 4) is 0 Å². The molecule has 2 aliphatic rings. The quantitative estimate of drug-likeness (QED) is 0.731. The minimum atomic E-state index is -0.299. The van der Waals surface area contributed by atoms with Gasteiger partial charge in [0.05, 0.1) is 17.6 Å². The number of amides is 1. The molecule has 2 rings (SSSR count). The number of rotatable bonds is 2. The largest absolute Gasteiger partial charge is 0.367 e. The average molecular weight is 302 g/mol. The van der Waals surface area contributed by atoms with Crippen molar-refractivity contribution in [2.75, 3.05) is 19.0 Å². The molecule has 2 atom stereocenters. The van der Waals surface area contributed by atoms with Gasteiger partial charge < -0.3 is 9.64 Å². The number of nitrogens with zero attached hydrogens (tertiary/aromatic N) is 1. The Hall–Kier alpha value is -0.280. The lowest BCUT2D eigenvalue weighted by molar-refractivity contribution is -0.165. The Kier molecular flexibility index (Phi) is 4.70. The minimum absolute atomic E-state index is 0.0453. The van der Waals surface area contributed by atoms with E-state index < -0.39 is 0 Å². The summed E-state index contributed by atoms with van der Waals surface area (Å²) in [7, 11) is 0. The maximum atomic E-state index is 12.9. The molecule has 116 valence electrons. The van der Waals surface area contributed by atoms with Crippen molar-refractivity contribution in [3.63, 3.8) is 0 Å². The van der Waals surface area contributed by atoms with Crippen LogP contribution in [0.3, 0.4) is 0 Å². The average Bonchev–Trinajstić information content (AvgIpc) is 2.35. The molecular weight excluding hydrogens is 274 g/mol. The SMILES string of the molecule is CC1(C)CN(C(=O)C2CCCCC2(C)C)CC(CCl)O1. The molecule has 1 aliphatic heterocycles. The van der Waals surface area contributed by atoms with Crippen LogP contribution in [0.1, 0.15) is 53.4 Å². The fourth-order valence-corrected chi connectivity index (χ4v) is 3.88. The molecule has 20 heavy (non-hydrogen) atoms. The van der Waals surface area contributed by atoms with E-state index in [0.29, 0.717) is 24.9 Å². The first-order chi connectivity index (χ1) is 9.25. The first-order valence-electron chi connectivity index (χ1n) is 7.78. The van der Waals surface area contributed by atoms with Gasteiger partial charge in [0.1, 0.15) is 0 Å². The van der Waals surface area contributed by atoms with Crippen LogP contribution in [0.2, 0.25) is 0 Å². The third kappa shape index (κ3) is 3.48. The fraction of sp³-hybridized carbons (Fsp3) is 0.938. The molecule has 4 heteroatoms. The van der Waals surface area contributed by atoms with E-state index in [1.165, 1.54) is 12.8 Å². The number of carbonyl (C=O) groups is 1. The van der Waals surface area contributed by atoms with E-state index >= 15 is 0 Å². The zero-order valence-electron chi connectivity index (χ0n) is 13.2. The lowest BCUT2D eigenvalue weighted by Crippen LogP contribution is -2.57. The van der Waals surface area contributed by atoms with Crippen LogP contribution < -0.4 is 0 Å². The van der Waals surface area contributed by atoms with Crippen LogP contribution in [0.5, 0.6) is 0 Å². The summed E-state index contributed by atoms with van der Waals surface area (Å²) in [6.45, 7) is 9.86. The Morgan fingerprint density at radius 2 is 2.00 bits per heavy atom. The zero-order valence-corrected chi connectivity index (χ0v) is 14.0. The van der Waals surface area contributed by atoms with E-state index in [2.05, 4.69) is 13.8 Å². The lowest BCUT2D eigenvalue weighted by Gasteiger charge is -2.46. The highest BCUT2D eigenvalue weighted by atomic mass is 35.5. The van der Waals surface area contributed by atoms with Crippen molar-refractivity contribution >= 4 is 17.5 Å². The number of carbonyl (C=O) groups excluding carboxylic acids is 1. The normalized spacial score (nSPS) is 33.0. The van der Waals surface area contributed by atoms with E-state index in [9.17, 15) is 4.79 Å². The summed E-state index contributed by atoms with van der Waals surface area (Å²) in [5, 5.41) is 0. The Morgan fingerprint density at radius 3 is 2.60 bits per heavy atom. The minimum Gasteiger partial charge on any atom is -0.367 e. The van der Waals surface area contributed by atoms with Crippen molar-refractivity contribution < 1.29 is 9.53 Å². The van der Waals surface area contributed by atoms with Crippen molar-refractivity contribution in [2.45, 2.75) is 65.1 Å². The first-order valence-corrected chi connectivity index (χ1v) is 8.31. The Balaban J connectivity index is 2.11. The summed E-state index contributed by atoms with van der Waals surface area (Å²) in [5.74, 6) is 0.906. The molecule has 0 spiro atoms. The second-order valence-corrected chi connectivity index (χ2v) is 7.97. The third-order valence-electron chi connectivity index (χ3n) is 4.77. The Labute approximate surface area is 128 Å². The molecule has 2 fully saturated rings. The molecule has 0 bridgehead atoms. The summed E-state index contributed by atoms with van der Waals surface area (Å²) in [4.78, 5) is 14.9. The molecule has 0 aromatic heterocycles. The molecule has 1 saturated heterocycles. The van der Waals surface area contributed by atoms with Gasteiger partial charge >= 0.3 is 0 Å². The molecule has 1 amide bonds. The van der Waals surface area contributed by atoms with Crippen LogP contribution in [0.25, 0.3) is 0 Å². The molecule has 2 unspecified atom stereocenters. The summed E-state index contributed by atoms with van der Waals surface area (Å²) in [6, 6.07) is 0. The topological polar surface area (TPSA) is 29.5 Å². The molecule has 0 aromatic rings. The van der Waals surface area contributed by atoms with Crippen LogP contribution in [0.15, 0.2) is 0 Å². The van der Waals surface area contributed by atoms with Gasteiger partial charge in [-0.3, -0.25) is 4.79 Å². The zero-order chi connectivity index (χ0) is 15.0. The maximum Gasteiger partial charge on any atom is 0.226 e. The van der Waals surface area contributed by atoms with Gasteiger partial charge in [-0.05, 0) is 32.1 Å². The predicted octanol–water partition coefficient (Wildman–Crippen LogP) is 3.45. The number of hydrogen-bond donors (Lipinski definition) is 0. The van der Waals surface area contributed by atoms with Crippen molar-refractivity contribution in [2.24, 2.45) is 11.3 Å². The van der Waals surface area contributed by atoms with Crippen LogP contribution >= 0.6 is 11.6 Å². The van der Waals surface area contributed by atoms with Crippen LogP contribution in [0.4, 0.5) is 0 Å². The monoisotopic (exact) mass is 301 g/mol. The van der Waals surface area contributed by atoms with E-state index in [4.69, 9.17) is 16.3 Å². The molecule has 0 N–H and O–H groups in total. The van der Waals surface area contributed by atoms with E-state index in [0.717, 1.165) is 12.8 Å². The highest BCUT2D eigenvalue weighted by Gasteiger charge is 2.42. The summed E-state index contributed by atoms with van der Waals surface area (Å²) >= 11 is 5.96. The Morgan fingerprint density at radius 1 is 1.30 bits per heavy atom. The fourth-order valence-electron chi connectivity index (χ4n) is 3.72.